The number of pyridine rings is 1. The van der Waals surface area contributed by atoms with E-state index in [-0.39, 0.29) is 0 Å². The number of hydrogen-bond donors (Lipinski definition) is 0. The normalized spacial score (nSPS) is 12.3. The van der Waals surface area contributed by atoms with Crippen molar-refractivity contribution in [1.82, 2.24) is 4.40 Å². The third-order valence-corrected chi connectivity index (χ3v) is 5.37. The number of aromatic nitrogens is 1. The van der Waals surface area contributed by atoms with Crippen molar-refractivity contribution in [3.05, 3.63) is 80.7 Å². The van der Waals surface area contributed by atoms with Gasteiger partial charge >= 0.3 is 30.0 Å². The standard InChI is InChI=1S/C22H13F7N2O7/c1-37-18(33)11-7-8-30-13(9-11)14(19(34)38-2)15(20(23,24)21(25,26)22(27,28)29)16(30)17(32)10-3-5-12(6-4-10)31(35)36/h3-9H,1-2H3. The molecule has 0 aliphatic rings. The third-order valence-electron chi connectivity index (χ3n) is 5.37. The lowest BCUT2D eigenvalue weighted by Gasteiger charge is -2.29. The summed E-state index contributed by atoms with van der Waals surface area (Å²) in [5.74, 6) is -17.6. The predicted octanol–water partition coefficient (Wildman–Crippen LogP) is 4.94. The smallest absolute Gasteiger partial charge is 0.460 e. The molecule has 38 heavy (non-hydrogen) atoms. The minimum atomic E-state index is -6.84. The number of carbonyl (C=O) groups excluding carboxylic acids is 3. The Labute approximate surface area is 206 Å². The van der Waals surface area contributed by atoms with Crippen LogP contribution in [0.15, 0.2) is 42.6 Å². The Bertz CT molecular complexity index is 1460. The number of non-ortho nitro benzene ring substituents is 1. The zero-order chi connectivity index (χ0) is 28.8. The van der Waals surface area contributed by atoms with Crippen molar-refractivity contribution in [3.63, 3.8) is 0 Å². The first-order chi connectivity index (χ1) is 17.5. The van der Waals surface area contributed by atoms with Crippen LogP contribution in [0.4, 0.5) is 36.4 Å². The third kappa shape index (κ3) is 4.31. The highest BCUT2D eigenvalue weighted by Crippen LogP contribution is 2.54. The van der Waals surface area contributed by atoms with E-state index in [1.54, 1.807) is 0 Å². The number of rotatable bonds is 7. The van der Waals surface area contributed by atoms with Gasteiger partial charge in [0.05, 0.1) is 41.3 Å². The van der Waals surface area contributed by atoms with Crippen LogP contribution in [0, 0.1) is 10.1 Å². The second kappa shape index (κ2) is 9.42. The second-order valence-corrected chi connectivity index (χ2v) is 7.53. The number of fused-ring (bicyclic) bond motifs is 1. The van der Waals surface area contributed by atoms with E-state index < -0.39 is 79.8 Å². The Hall–Kier alpha value is -4.50. The Kier molecular flexibility index (Phi) is 6.96. The first-order valence-electron chi connectivity index (χ1n) is 9.97. The van der Waals surface area contributed by atoms with Gasteiger partial charge < -0.3 is 13.9 Å². The highest BCUT2D eigenvalue weighted by Gasteiger charge is 2.75. The minimum Gasteiger partial charge on any atom is -0.465 e. The van der Waals surface area contributed by atoms with Crippen LogP contribution in [0.3, 0.4) is 0 Å². The Morgan fingerprint density at radius 3 is 1.89 bits per heavy atom. The van der Waals surface area contributed by atoms with Crippen molar-refractivity contribution in [1.29, 1.82) is 0 Å². The van der Waals surface area contributed by atoms with Crippen molar-refractivity contribution in [2.24, 2.45) is 0 Å². The maximum Gasteiger partial charge on any atom is 0.460 e. The highest BCUT2D eigenvalue weighted by atomic mass is 19.4. The second-order valence-electron chi connectivity index (χ2n) is 7.53. The van der Waals surface area contributed by atoms with Crippen molar-refractivity contribution in [2.45, 2.75) is 18.0 Å². The number of halogens is 7. The van der Waals surface area contributed by atoms with Gasteiger partial charge in [-0.2, -0.15) is 30.7 Å². The number of esters is 2. The number of ketones is 1. The number of methoxy groups -OCH3 is 2. The van der Waals surface area contributed by atoms with Gasteiger partial charge in [0.2, 0.25) is 5.78 Å². The molecule has 2 heterocycles. The maximum atomic E-state index is 15.2. The van der Waals surface area contributed by atoms with Crippen LogP contribution < -0.4 is 0 Å². The van der Waals surface area contributed by atoms with Crippen molar-refractivity contribution < 1.29 is 59.5 Å². The molecule has 0 spiro atoms. The van der Waals surface area contributed by atoms with E-state index >= 15 is 8.78 Å². The molecule has 1 aromatic carbocycles. The summed E-state index contributed by atoms with van der Waals surface area (Å²) in [6.45, 7) is 0. The van der Waals surface area contributed by atoms with Gasteiger partial charge in [-0.05, 0) is 24.3 Å². The number of alkyl halides is 7. The number of nitrogens with zero attached hydrogens (tertiary/aromatic N) is 2. The van der Waals surface area contributed by atoms with Gasteiger partial charge in [-0.25, -0.2) is 9.59 Å². The van der Waals surface area contributed by atoms with Gasteiger partial charge in [0, 0.05) is 23.9 Å². The molecule has 0 aliphatic heterocycles. The SMILES string of the molecule is COC(=O)c1ccn2c(C(=O)c3ccc([N+](=O)[O-])cc3)c(C(F)(F)C(F)(F)C(F)(F)F)c(C(=O)OC)c2c1. The fraction of sp³-hybridized carbons (Fsp3) is 0.227. The molecule has 0 unspecified atom stereocenters. The van der Waals surface area contributed by atoms with Crippen LogP contribution in [0.1, 0.15) is 42.3 Å². The summed E-state index contributed by atoms with van der Waals surface area (Å²) in [5, 5.41) is 10.9. The van der Waals surface area contributed by atoms with E-state index in [1.807, 2.05) is 0 Å². The van der Waals surface area contributed by atoms with Crippen LogP contribution in [0.2, 0.25) is 0 Å². The first kappa shape index (κ1) is 28.1. The average molecular weight is 550 g/mol. The lowest BCUT2D eigenvalue weighted by molar-refractivity contribution is -0.384. The summed E-state index contributed by atoms with van der Waals surface area (Å²) < 4.78 is 107. The Morgan fingerprint density at radius 1 is 0.868 bits per heavy atom. The molecule has 9 nitrogen and oxygen atoms in total. The van der Waals surface area contributed by atoms with E-state index in [2.05, 4.69) is 9.47 Å². The number of hydrogen-bond acceptors (Lipinski definition) is 7. The molecular weight excluding hydrogens is 537 g/mol. The quantitative estimate of drug-likeness (QED) is 0.135. The van der Waals surface area contributed by atoms with E-state index in [9.17, 15) is 46.5 Å². The number of ether oxygens (including phenoxy) is 2. The average Bonchev–Trinajstić information content (AvgIpc) is 3.21. The number of carbonyl (C=O) groups is 3. The minimum absolute atomic E-state index is 0.401. The molecule has 0 saturated carbocycles. The summed E-state index contributed by atoms with van der Waals surface area (Å²) in [6.07, 6.45) is -6.15. The van der Waals surface area contributed by atoms with Crippen molar-refractivity contribution >= 4 is 28.9 Å². The molecule has 0 amide bonds. The van der Waals surface area contributed by atoms with E-state index in [4.69, 9.17) is 0 Å². The summed E-state index contributed by atoms with van der Waals surface area (Å²) in [5.41, 5.74) is -7.93. The van der Waals surface area contributed by atoms with Crippen LogP contribution in [0.25, 0.3) is 5.52 Å². The molecule has 3 rings (SSSR count). The van der Waals surface area contributed by atoms with E-state index in [0.29, 0.717) is 23.8 Å². The van der Waals surface area contributed by atoms with Crippen molar-refractivity contribution in [3.8, 4) is 0 Å². The molecule has 3 aromatic rings. The fourth-order valence-electron chi connectivity index (χ4n) is 3.54. The van der Waals surface area contributed by atoms with Crippen LogP contribution in [-0.2, 0) is 15.4 Å². The lowest BCUT2D eigenvalue weighted by atomic mass is 9.93. The van der Waals surface area contributed by atoms with Gasteiger partial charge in [-0.3, -0.25) is 14.9 Å². The summed E-state index contributed by atoms with van der Waals surface area (Å²) in [6, 6.07) is 4.49. The molecule has 0 atom stereocenters. The van der Waals surface area contributed by atoms with Gasteiger partial charge in [0.1, 0.15) is 5.69 Å². The molecule has 16 heteroatoms. The zero-order valence-corrected chi connectivity index (χ0v) is 18.9. The molecule has 0 radical (unpaired) electrons. The van der Waals surface area contributed by atoms with E-state index in [0.717, 1.165) is 37.4 Å². The Morgan fingerprint density at radius 2 is 1.42 bits per heavy atom. The maximum absolute atomic E-state index is 15.2. The van der Waals surface area contributed by atoms with Crippen LogP contribution in [-0.4, -0.2) is 53.4 Å². The molecule has 0 bridgehead atoms. The first-order valence-corrected chi connectivity index (χ1v) is 9.97. The summed E-state index contributed by atoms with van der Waals surface area (Å²) >= 11 is 0. The molecule has 0 saturated heterocycles. The Balaban J connectivity index is 2.52. The summed E-state index contributed by atoms with van der Waals surface area (Å²) in [4.78, 5) is 47.7. The highest BCUT2D eigenvalue weighted by molar-refractivity contribution is 6.13. The van der Waals surface area contributed by atoms with Gasteiger partial charge in [0.15, 0.2) is 0 Å². The lowest BCUT2D eigenvalue weighted by Crippen LogP contribution is -2.51. The largest absolute Gasteiger partial charge is 0.465 e. The monoisotopic (exact) mass is 550 g/mol. The number of nitro benzene ring substituents is 1. The fourth-order valence-corrected chi connectivity index (χ4v) is 3.54. The summed E-state index contributed by atoms with van der Waals surface area (Å²) in [7, 11) is 1.52. The zero-order valence-electron chi connectivity index (χ0n) is 18.9. The number of benzene rings is 1. The van der Waals surface area contributed by atoms with Gasteiger partial charge in [0.25, 0.3) is 5.69 Å². The predicted molar refractivity (Wildman–Crippen MR) is 112 cm³/mol. The van der Waals surface area contributed by atoms with Gasteiger partial charge in [-0.1, -0.05) is 0 Å². The van der Waals surface area contributed by atoms with Crippen LogP contribution in [0.5, 0.6) is 0 Å². The number of nitro groups is 1. The van der Waals surface area contributed by atoms with Gasteiger partial charge in [-0.15, -0.1) is 0 Å². The molecule has 2 aromatic heterocycles. The topological polar surface area (TPSA) is 117 Å². The molecule has 202 valence electrons. The van der Waals surface area contributed by atoms with Crippen LogP contribution >= 0.6 is 0 Å². The molecule has 0 aliphatic carbocycles. The molecule has 0 fully saturated rings. The molecular formula is C22H13F7N2O7. The van der Waals surface area contributed by atoms with Crippen molar-refractivity contribution in [2.75, 3.05) is 14.2 Å². The molecule has 0 N–H and O–H groups in total. The van der Waals surface area contributed by atoms with E-state index in [1.165, 1.54) is 0 Å².